The number of likely N-dealkylation sites (tertiary alicyclic amines) is 1. The van der Waals surface area contributed by atoms with E-state index in [0.29, 0.717) is 38.9 Å². The molecule has 3 aromatic rings. The van der Waals surface area contributed by atoms with Crippen LogP contribution in [0.25, 0.3) is 22.3 Å². The maximum atomic E-state index is 14.7. The van der Waals surface area contributed by atoms with Crippen LogP contribution in [0.15, 0.2) is 42.3 Å². The lowest BCUT2D eigenvalue weighted by Crippen LogP contribution is -2.60. The molecule has 0 unspecified atom stereocenters. The minimum absolute atomic E-state index is 0.0163. The van der Waals surface area contributed by atoms with Gasteiger partial charge in [0.25, 0.3) is 0 Å². The molecule has 4 fully saturated rings. The van der Waals surface area contributed by atoms with Crippen LogP contribution in [0, 0.1) is 11.3 Å². The first-order valence-corrected chi connectivity index (χ1v) is 21.2. The van der Waals surface area contributed by atoms with E-state index >= 15 is 0 Å². The van der Waals surface area contributed by atoms with Crippen molar-refractivity contribution >= 4 is 57.3 Å². The Kier molecular flexibility index (Phi) is 12.0. The third-order valence-corrected chi connectivity index (χ3v) is 12.5. The van der Waals surface area contributed by atoms with Crippen molar-refractivity contribution in [1.29, 1.82) is 0 Å². The highest BCUT2D eigenvalue weighted by molar-refractivity contribution is 7.14. The Bertz CT molecular complexity index is 2110. The summed E-state index contributed by atoms with van der Waals surface area (Å²) in [6.07, 6.45) is 7.79. The van der Waals surface area contributed by atoms with Crippen molar-refractivity contribution in [3.8, 4) is 22.9 Å². The first kappa shape index (κ1) is 41.7. The van der Waals surface area contributed by atoms with E-state index in [1.807, 2.05) is 20.8 Å². The molecule has 3 heterocycles. The van der Waals surface area contributed by atoms with Gasteiger partial charge in [0.15, 0.2) is 5.13 Å². The second kappa shape index (κ2) is 17.0. The van der Waals surface area contributed by atoms with Crippen LogP contribution in [0.5, 0.6) is 11.5 Å². The lowest BCUT2D eigenvalue weighted by atomic mass is 9.85. The average Bonchev–Trinajstić information content (AvgIpc) is 3.83. The number of nitrogens with one attached hydrogen (secondary N) is 4. The molecule has 7 rings (SSSR count). The second-order valence-corrected chi connectivity index (χ2v) is 17.9. The molecule has 1 aliphatic heterocycles. The number of fused-ring (bicyclic) bond motifs is 1. The first-order chi connectivity index (χ1) is 28.2. The predicted molar refractivity (Wildman–Crippen MR) is 220 cm³/mol. The number of ether oxygens (including phenoxy) is 3. The number of anilines is 1. The van der Waals surface area contributed by atoms with E-state index in [1.54, 1.807) is 36.8 Å². The van der Waals surface area contributed by atoms with Crippen molar-refractivity contribution in [2.45, 2.75) is 121 Å². The number of methoxy groups -OCH3 is 1. The number of pyridine rings is 1. The number of thiazole rings is 1. The van der Waals surface area contributed by atoms with E-state index in [1.165, 1.54) is 22.3 Å². The number of carbonyl (C=O) groups is 5. The van der Waals surface area contributed by atoms with Crippen molar-refractivity contribution in [2.24, 2.45) is 11.3 Å². The van der Waals surface area contributed by atoms with Gasteiger partial charge >= 0.3 is 18.1 Å². The number of nitrogens with zero attached hydrogens (tertiary/aromatic N) is 3. The van der Waals surface area contributed by atoms with Crippen LogP contribution in [0.1, 0.15) is 85.0 Å². The summed E-state index contributed by atoms with van der Waals surface area (Å²) < 4.78 is 17.7. The molecule has 17 heteroatoms. The monoisotopic (exact) mass is 831 g/mol. The Morgan fingerprint density at radius 2 is 1.75 bits per heavy atom. The maximum absolute atomic E-state index is 14.7. The van der Waals surface area contributed by atoms with Crippen molar-refractivity contribution in [2.75, 3.05) is 19.0 Å². The Balaban J connectivity index is 1.17. The summed E-state index contributed by atoms with van der Waals surface area (Å²) in [7, 11) is 1.55. The Hall–Kier alpha value is -5.45. The van der Waals surface area contributed by atoms with Crippen molar-refractivity contribution in [3.05, 3.63) is 42.3 Å². The number of carbonyl (C=O) groups excluding carboxylic acids is 4. The lowest BCUT2D eigenvalue weighted by molar-refractivity contribution is -0.146. The zero-order chi connectivity index (χ0) is 42.1. The molecule has 3 aliphatic carbocycles. The van der Waals surface area contributed by atoms with Gasteiger partial charge in [0, 0.05) is 41.3 Å². The predicted octanol–water partition coefficient (Wildman–Crippen LogP) is 6.01. The number of carboxylic acids is 1. The van der Waals surface area contributed by atoms with Crippen LogP contribution in [-0.4, -0.2) is 99.4 Å². The average molecular weight is 832 g/mol. The number of urea groups is 1. The van der Waals surface area contributed by atoms with Gasteiger partial charge in [-0.05, 0) is 62.5 Å². The highest BCUT2D eigenvalue weighted by atomic mass is 32.1. The molecule has 0 radical (unpaired) electrons. The summed E-state index contributed by atoms with van der Waals surface area (Å²) >= 11 is 1.22. The van der Waals surface area contributed by atoms with Gasteiger partial charge in [-0.25, -0.2) is 24.4 Å². The molecule has 59 heavy (non-hydrogen) atoms. The van der Waals surface area contributed by atoms with Crippen molar-refractivity contribution < 1.29 is 43.3 Å². The molecule has 3 saturated carbocycles. The number of rotatable bonds is 13. The third-order valence-electron chi connectivity index (χ3n) is 11.8. The molecule has 316 valence electrons. The lowest BCUT2D eigenvalue weighted by Gasteiger charge is -2.35. The van der Waals surface area contributed by atoms with Crippen LogP contribution in [0.3, 0.4) is 0 Å². The molecule has 0 spiro atoms. The number of hydrogen-bond acceptors (Lipinski definition) is 11. The highest BCUT2D eigenvalue weighted by Gasteiger charge is 2.61. The number of aliphatic carboxylic acids is 1. The van der Waals surface area contributed by atoms with E-state index in [0.717, 1.165) is 51.4 Å². The fourth-order valence-corrected chi connectivity index (χ4v) is 9.06. The molecule has 1 aromatic carbocycles. The Labute approximate surface area is 346 Å². The maximum Gasteiger partial charge on any atom is 0.413 e. The normalized spacial score (nSPS) is 23.7. The van der Waals surface area contributed by atoms with Gasteiger partial charge in [-0.15, -0.1) is 17.9 Å². The fourth-order valence-electron chi connectivity index (χ4n) is 8.37. The van der Waals surface area contributed by atoms with Crippen LogP contribution in [0.4, 0.5) is 14.7 Å². The molecular weight excluding hydrogens is 779 g/mol. The molecule has 1 saturated heterocycles. The summed E-state index contributed by atoms with van der Waals surface area (Å²) in [5.74, 6) is -1.84. The smallest absolute Gasteiger partial charge is 0.413 e. The largest absolute Gasteiger partial charge is 0.497 e. The standard InChI is InChI=1S/C42H53N7O9S/c1-6-23-20-42(23,37(52)53)48-35(50)32-18-27(21-49(32)36(51)34(41(2,3)4)46-38(54)43-24-11-7-8-12-24)57-33-19-30(44-29-17-26(56-5)15-16-28(29)33)31-22-59-39(45-31)47-40(55)58-25-13-9-10-14-25/h6,15-17,19,22-25,27,32,34H,1,7-14,18,20-21H2,2-5H3,(H,48,50)(H,52,53)(H2,43,46,54)(H,45,47,55)/t23-,27-,32+,34-,42-/m1/s1. The fraction of sp³-hybridized carbons (Fsp3) is 0.548. The first-order valence-electron chi connectivity index (χ1n) is 20.3. The Morgan fingerprint density at radius 3 is 2.41 bits per heavy atom. The van der Waals surface area contributed by atoms with Gasteiger partial charge in [0.2, 0.25) is 11.8 Å². The van der Waals surface area contributed by atoms with Crippen LogP contribution in [-0.2, 0) is 19.1 Å². The molecular formula is C42H53N7O9S. The zero-order valence-electron chi connectivity index (χ0n) is 33.9. The van der Waals surface area contributed by atoms with Gasteiger partial charge in [-0.1, -0.05) is 39.7 Å². The summed E-state index contributed by atoms with van der Waals surface area (Å²) in [4.78, 5) is 77.9. The van der Waals surface area contributed by atoms with E-state index in [-0.39, 0.29) is 31.5 Å². The SMILES string of the molecule is C=C[C@@H]1C[C@]1(NC(=O)[C@@H]1C[C@@H](Oc2cc(-c3csc(NC(=O)OC4CCCC4)n3)nc3cc(OC)ccc23)CN1C(=O)[C@@H](NC(=O)NC1CCCC1)C(C)(C)C)C(=O)O. The number of amides is 5. The van der Waals surface area contributed by atoms with Crippen LogP contribution in [0.2, 0.25) is 0 Å². The quantitative estimate of drug-likeness (QED) is 0.126. The van der Waals surface area contributed by atoms with Gasteiger partial charge < -0.3 is 40.2 Å². The van der Waals surface area contributed by atoms with Crippen LogP contribution < -0.4 is 30.7 Å². The minimum Gasteiger partial charge on any atom is -0.497 e. The van der Waals surface area contributed by atoms with Gasteiger partial charge in [-0.2, -0.15) is 0 Å². The highest BCUT2D eigenvalue weighted by Crippen LogP contribution is 2.45. The summed E-state index contributed by atoms with van der Waals surface area (Å²) in [5.41, 5.74) is -0.860. The molecule has 16 nitrogen and oxygen atoms in total. The molecule has 5 atom stereocenters. The third kappa shape index (κ3) is 9.24. The molecule has 2 aromatic heterocycles. The number of benzene rings is 1. The number of hydrogen-bond donors (Lipinski definition) is 5. The summed E-state index contributed by atoms with van der Waals surface area (Å²) in [5, 5.41) is 24.2. The van der Waals surface area contributed by atoms with Gasteiger partial charge in [0.1, 0.15) is 47.0 Å². The summed E-state index contributed by atoms with van der Waals surface area (Å²) in [6, 6.07) is 4.44. The van der Waals surface area contributed by atoms with E-state index < -0.39 is 65.0 Å². The zero-order valence-corrected chi connectivity index (χ0v) is 34.7. The number of carboxylic acid groups (broad SMARTS) is 1. The van der Waals surface area contributed by atoms with Crippen LogP contribution >= 0.6 is 11.3 Å². The number of aromatic nitrogens is 2. The van der Waals surface area contributed by atoms with E-state index in [2.05, 4.69) is 32.8 Å². The van der Waals surface area contributed by atoms with Crippen molar-refractivity contribution in [1.82, 2.24) is 30.8 Å². The van der Waals surface area contributed by atoms with Crippen molar-refractivity contribution in [3.63, 3.8) is 0 Å². The molecule has 5 amide bonds. The van der Waals surface area contributed by atoms with E-state index in [9.17, 15) is 29.1 Å². The Morgan fingerprint density at radius 1 is 1.02 bits per heavy atom. The molecule has 5 N–H and O–H groups in total. The topological polar surface area (TPSA) is 210 Å². The molecule has 4 aliphatic rings. The van der Waals surface area contributed by atoms with Gasteiger partial charge in [0.05, 0.1) is 24.9 Å². The van der Waals surface area contributed by atoms with Gasteiger partial charge in [-0.3, -0.25) is 14.9 Å². The molecule has 0 bridgehead atoms. The van der Waals surface area contributed by atoms with E-state index in [4.69, 9.17) is 19.2 Å². The second-order valence-electron chi connectivity index (χ2n) is 17.1. The minimum atomic E-state index is -1.53. The summed E-state index contributed by atoms with van der Waals surface area (Å²) in [6.45, 7) is 9.19.